The molecule has 0 spiro atoms. The summed E-state index contributed by atoms with van der Waals surface area (Å²) < 4.78 is 0. The molecule has 1 aromatic rings. The van der Waals surface area contributed by atoms with E-state index in [2.05, 4.69) is 27.7 Å². The first-order valence-electron chi connectivity index (χ1n) is 3.36. The van der Waals surface area contributed by atoms with Crippen molar-refractivity contribution in [3.63, 3.8) is 0 Å². The Hall–Kier alpha value is -1.09. The van der Waals surface area contributed by atoms with Crippen LogP contribution in [0.4, 0.5) is 0 Å². The lowest BCUT2D eigenvalue weighted by Gasteiger charge is -2.03. The summed E-state index contributed by atoms with van der Waals surface area (Å²) >= 11 is 0. The molecule has 0 aliphatic carbocycles. The molecule has 0 amide bonds. The molecule has 1 aliphatic rings. The van der Waals surface area contributed by atoms with Gasteiger partial charge in [-0.15, -0.1) is 0 Å². The zero-order valence-corrected chi connectivity index (χ0v) is 5.54. The molecule has 0 fully saturated rings. The van der Waals surface area contributed by atoms with Crippen LogP contribution in [0.25, 0.3) is 0 Å². The van der Waals surface area contributed by atoms with Gasteiger partial charge in [-0.1, -0.05) is 12.2 Å². The number of nitrogens with one attached hydrogen (secondary N) is 2. The highest BCUT2D eigenvalue weighted by atomic mass is 15.1. The monoisotopic (exact) mass is 135 g/mol. The van der Waals surface area contributed by atoms with Gasteiger partial charge in [0.25, 0.3) is 0 Å². The second kappa shape index (κ2) is 2.27. The van der Waals surface area contributed by atoms with Crippen molar-refractivity contribution in [2.75, 3.05) is 6.54 Å². The van der Waals surface area contributed by atoms with Crippen LogP contribution in [-0.2, 0) is 0 Å². The Morgan fingerprint density at radius 2 is 2.60 bits per heavy atom. The molecule has 1 atom stereocenters. The predicted octanol–water partition coefficient (Wildman–Crippen LogP) is 0.610. The summed E-state index contributed by atoms with van der Waals surface area (Å²) in [4.78, 5) is 0. The van der Waals surface area contributed by atoms with Gasteiger partial charge < -0.3 is 5.32 Å². The summed E-state index contributed by atoms with van der Waals surface area (Å²) in [6.07, 6.45) is 6.02. The van der Waals surface area contributed by atoms with Crippen LogP contribution in [0.1, 0.15) is 11.7 Å². The van der Waals surface area contributed by atoms with Gasteiger partial charge in [-0.25, -0.2) is 0 Å². The third kappa shape index (κ3) is 0.844. The van der Waals surface area contributed by atoms with E-state index in [1.807, 2.05) is 6.07 Å². The van der Waals surface area contributed by atoms with Gasteiger partial charge in [0, 0.05) is 12.7 Å². The summed E-state index contributed by atoms with van der Waals surface area (Å²) in [5.41, 5.74) is 1.13. The molecule has 3 nitrogen and oxygen atoms in total. The number of rotatable bonds is 1. The molecule has 1 unspecified atom stereocenters. The number of hydrogen-bond donors (Lipinski definition) is 2. The van der Waals surface area contributed by atoms with Gasteiger partial charge in [0.2, 0.25) is 0 Å². The maximum absolute atomic E-state index is 3.87. The standard InChI is InChI=1S/C7H9N3/c1-2-6(8-4-1)7-3-5-9-10-7/h1-3,5-6,8H,4H2,(H,9,10). The second-order valence-corrected chi connectivity index (χ2v) is 2.33. The van der Waals surface area contributed by atoms with E-state index in [1.54, 1.807) is 6.20 Å². The minimum Gasteiger partial charge on any atom is -0.302 e. The summed E-state index contributed by atoms with van der Waals surface area (Å²) in [7, 11) is 0. The molecular formula is C7H9N3. The lowest BCUT2D eigenvalue weighted by Crippen LogP contribution is -2.13. The van der Waals surface area contributed by atoms with Gasteiger partial charge in [0.15, 0.2) is 0 Å². The van der Waals surface area contributed by atoms with E-state index in [0.717, 1.165) is 12.2 Å². The Bertz CT molecular complexity index is 225. The van der Waals surface area contributed by atoms with Crippen LogP contribution in [0.3, 0.4) is 0 Å². The zero-order valence-electron chi connectivity index (χ0n) is 5.54. The van der Waals surface area contributed by atoms with E-state index < -0.39 is 0 Å². The maximum Gasteiger partial charge on any atom is 0.0678 e. The Morgan fingerprint density at radius 3 is 3.20 bits per heavy atom. The quantitative estimate of drug-likeness (QED) is 0.554. The lowest BCUT2D eigenvalue weighted by atomic mass is 10.2. The molecule has 0 saturated heterocycles. The molecule has 0 saturated carbocycles. The lowest BCUT2D eigenvalue weighted by molar-refractivity contribution is 0.688. The molecule has 0 bridgehead atoms. The predicted molar refractivity (Wildman–Crippen MR) is 38.5 cm³/mol. The molecule has 2 N–H and O–H groups in total. The Morgan fingerprint density at radius 1 is 1.60 bits per heavy atom. The van der Waals surface area contributed by atoms with Crippen molar-refractivity contribution in [3.8, 4) is 0 Å². The van der Waals surface area contributed by atoms with Crippen LogP contribution in [0.5, 0.6) is 0 Å². The molecular weight excluding hydrogens is 126 g/mol. The van der Waals surface area contributed by atoms with Crippen LogP contribution < -0.4 is 5.32 Å². The largest absolute Gasteiger partial charge is 0.302 e. The van der Waals surface area contributed by atoms with Gasteiger partial charge in [-0.05, 0) is 6.07 Å². The highest BCUT2D eigenvalue weighted by molar-refractivity contribution is 5.16. The van der Waals surface area contributed by atoms with Gasteiger partial charge in [0.1, 0.15) is 0 Å². The Kier molecular flexibility index (Phi) is 1.29. The van der Waals surface area contributed by atoms with E-state index in [0.29, 0.717) is 6.04 Å². The van der Waals surface area contributed by atoms with Crippen molar-refractivity contribution < 1.29 is 0 Å². The van der Waals surface area contributed by atoms with Gasteiger partial charge in [-0.3, -0.25) is 5.10 Å². The molecule has 2 rings (SSSR count). The highest BCUT2D eigenvalue weighted by Gasteiger charge is 2.10. The van der Waals surface area contributed by atoms with Crippen molar-refractivity contribution in [2.45, 2.75) is 6.04 Å². The summed E-state index contributed by atoms with van der Waals surface area (Å²) in [5, 5.41) is 10.1. The van der Waals surface area contributed by atoms with Crippen molar-refractivity contribution in [3.05, 3.63) is 30.1 Å². The molecule has 2 heterocycles. The van der Waals surface area contributed by atoms with E-state index in [9.17, 15) is 0 Å². The smallest absolute Gasteiger partial charge is 0.0678 e. The fraction of sp³-hybridized carbons (Fsp3) is 0.286. The summed E-state index contributed by atoms with van der Waals surface area (Å²) in [6.45, 7) is 0.962. The molecule has 0 aromatic carbocycles. The number of aromatic amines is 1. The van der Waals surface area contributed by atoms with E-state index in [1.165, 1.54) is 0 Å². The number of hydrogen-bond acceptors (Lipinski definition) is 2. The van der Waals surface area contributed by atoms with Crippen LogP contribution in [0.15, 0.2) is 24.4 Å². The molecule has 0 radical (unpaired) electrons. The van der Waals surface area contributed by atoms with E-state index >= 15 is 0 Å². The first-order valence-corrected chi connectivity index (χ1v) is 3.36. The fourth-order valence-electron chi connectivity index (χ4n) is 1.12. The third-order valence-corrected chi connectivity index (χ3v) is 1.64. The van der Waals surface area contributed by atoms with Crippen LogP contribution in [0, 0.1) is 0 Å². The van der Waals surface area contributed by atoms with Crippen LogP contribution in [0.2, 0.25) is 0 Å². The topological polar surface area (TPSA) is 40.7 Å². The fourth-order valence-corrected chi connectivity index (χ4v) is 1.12. The van der Waals surface area contributed by atoms with E-state index in [4.69, 9.17) is 0 Å². The van der Waals surface area contributed by atoms with Gasteiger partial charge >= 0.3 is 0 Å². The van der Waals surface area contributed by atoms with Gasteiger partial charge in [0.05, 0.1) is 11.7 Å². The summed E-state index contributed by atoms with van der Waals surface area (Å²) in [5.74, 6) is 0. The Labute approximate surface area is 59.1 Å². The normalized spacial score (nSPS) is 23.8. The first-order chi connectivity index (χ1) is 4.97. The molecule has 3 heteroatoms. The number of nitrogens with zero attached hydrogens (tertiary/aromatic N) is 1. The molecule has 1 aliphatic heterocycles. The second-order valence-electron chi connectivity index (χ2n) is 2.33. The third-order valence-electron chi connectivity index (χ3n) is 1.64. The van der Waals surface area contributed by atoms with E-state index in [-0.39, 0.29) is 0 Å². The van der Waals surface area contributed by atoms with Crippen molar-refractivity contribution in [2.24, 2.45) is 0 Å². The minimum absolute atomic E-state index is 0.350. The number of H-pyrrole nitrogens is 1. The number of aromatic nitrogens is 2. The van der Waals surface area contributed by atoms with Gasteiger partial charge in [-0.2, -0.15) is 5.10 Å². The molecule has 10 heavy (non-hydrogen) atoms. The van der Waals surface area contributed by atoms with Crippen molar-refractivity contribution in [1.29, 1.82) is 0 Å². The highest BCUT2D eigenvalue weighted by Crippen LogP contribution is 2.13. The van der Waals surface area contributed by atoms with Crippen LogP contribution in [-0.4, -0.2) is 16.7 Å². The molecule has 1 aromatic heterocycles. The Balaban J connectivity index is 2.20. The van der Waals surface area contributed by atoms with Crippen molar-refractivity contribution >= 4 is 0 Å². The average molecular weight is 135 g/mol. The average Bonchev–Trinajstić information content (AvgIpc) is 2.59. The minimum atomic E-state index is 0.350. The first kappa shape index (κ1) is 5.68. The zero-order chi connectivity index (χ0) is 6.81. The van der Waals surface area contributed by atoms with Crippen LogP contribution >= 0.6 is 0 Å². The molecule has 52 valence electrons. The maximum atomic E-state index is 3.87. The SMILES string of the molecule is C1=CC(c2ccn[nH]2)NC1. The van der Waals surface area contributed by atoms with Crippen molar-refractivity contribution in [1.82, 2.24) is 15.5 Å². The summed E-state index contributed by atoms with van der Waals surface area (Å²) in [6, 6.07) is 2.33.